The van der Waals surface area contributed by atoms with Crippen LogP contribution in [0.25, 0.3) is 0 Å². The Kier molecular flexibility index (Phi) is 3.39. The summed E-state index contributed by atoms with van der Waals surface area (Å²) in [5.74, 6) is 1.07. The molecule has 0 aromatic heterocycles. The third-order valence-corrected chi connectivity index (χ3v) is 9.57. The smallest absolute Gasteiger partial charge is 0.219 e. The van der Waals surface area contributed by atoms with Gasteiger partial charge < -0.3 is 4.74 Å². The summed E-state index contributed by atoms with van der Waals surface area (Å²) >= 11 is 5.59. The van der Waals surface area contributed by atoms with Gasteiger partial charge in [0, 0.05) is 5.41 Å². The second kappa shape index (κ2) is 5.20. The topological polar surface area (TPSA) is 9.23 Å². The Hall–Kier alpha value is -0.360. The number of hydrogen-bond acceptors (Lipinski definition) is 4. The van der Waals surface area contributed by atoms with E-state index in [0.29, 0.717) is 5.25 Å². The molecule has 5 heteroatoms. The minimum atomic E-state index is 0.164. The van der Waals surface area contributed by atoms with Crippen molar-refractivity contribution in [3.8, 4) is 5.75 Å². The van der Waals surface area contributed by atoms with Gasteiger partial charge in [0.05, 0.1) is 16.5 Å². The second-order valence-corrected chi connectivity index (χ2v) is 9.44. The molecule has 0 radical (unpaired) electrons. The summed E-state index contributed by atoms with van der Waals surface area (Å²) in [6.45, 7) is 0.812. The average Bonchev–Trinajstić information content (AvgIpc) is 3.17. The zero-order chi connectivity index (χ0) is 12.7. The lowest BCUT2D eigenvalue weighted by Crippen LogP contribution is -2.12. The van der Waals surface area contributed by atoms with Crippen LogP contribution in [0, 0.1) is 0 Å². The number of ether oxygens (including phenoxy) is 1. The molecule has 0 saturated carbocycles. The fraction of sp³-hybridized carbons (Fsp3) is 0.143. The van der Waals surface area contributed by atoms with Crippen LogP contribution >= 0.6 is 35.3 Å². The van der Waals surface area contributed by atoms with Gasteiger partial charge in [-0.15, -0.1) is 0 Å². The molecule has 96 valence electrons. The zero-order valence-corrected chi connectivity index (χ0v) is 13.2. The first-order chi connectivity index (χ1) is 9.43. The fourth-order valence-electron chi connectivity index (χ4n) is 2.28. The van der Waals surface area contributed by atoms with Gasteiger partial charge in [-0.2, -0.15) is 0 Å². The first kappa shape index (κ1) is 12.4. The van der Waals surface area contributed by atoms with Crippen molar-refractivity contribution in [2.75, 3.05) is 6.61 Å². The van der Waals surface area contributed by atoms with Crippen molar-refractivity contribution >= 4 is 46.2 Å². The highest BCUT2D eigenvalue weighted by atomic mass is 32.2. The maximum Gasteiger partial charge on any atom is 0.219 e. The molecule has 0 spiro atoms. The van der Waals surface area contributed by atoms with E-state index < -0.39 is 0 Å². The Morgan fingerprint density at radius 2 is 1.89 bits per heavy atom. The molecule has 19 heavy (non-hydrogen) atoms. The van der Waals surface area contributed by atoms with Crippen LogP contribution in [-0.2, 0) is 10.9 Å². The van der Waals surface area contributed by atoms with Gasteiger partial charge in [-0.1, -0.05) is 41.7 Å². The van der Waals surface area contributed by atoms with E-state index in [2.05, 4.69) is 45.9 Å². The van der Waals surface area contributed by atoms with Gasteiger partial charge in [-0.25, -0.2) is 0 Å². The summed E-state index contributed by atoms with van der Waals surface area (Å²) in [5, 5.41) is 9.44. The van der Waals surface area contributed by atoms with Gasteiger partial charge in [0.25, 0.3) is 0 Å². The monoisotopic (exact) mass is 323 g/mol. The van der Waals surface area contributed by atoms with Crippen LogP contribution in [0.15, 0.2) is 54.4 Å². The van der Waals surface area contributed by atoms with Gasteiger partial charge in [-0.05, 0) is 28.6 Å². The van der Waals surface area contributed by atoms with E-state index >= 15 is 0 Å². The van der Waals surface area contributed by atoms with E-state index in [1.54, 1.807) is 0 Å². The highest BCUT2D eigenvalue weighted by molar-refractivity contribution is 8.32. The SMILES string of the molecule is C1=CSC(=C2SC=C[S+]2C2COc3ccccc32)S1. The minimum Gasteiger partial charge on any atom is -0.487 e. The number of benzene rings is 1. The molecule has 3 aliphatic heterocycles. The average molecular weight is 324 g/mol. The van der Waals surface area contributed by atoms with Crippen molar-refractivity contribution < 1.29 is 4.74 Å². The molecule has 0 amide bonds. The predicted molar refractivity (Wildman–Crippen MR) is 90.1 cm³/mol. The third-order valence-electron chi connectivity index (χ3n) is 3.13. The Morgan fingerprint density at radius 1 is 1.05 bits per heavy atom. The first-order valence-corrected chi connectivity index (χ1v) is 9.92. The lowest BCUT2D eigenvalue weighted by molar-refractivity contribution is 0.354. The standard InChI is InChI=1S/C14H11OS4/c1-2-4-11-10(3-1)12(9-15-11)19-8-7-18-14(19)13-16-5-6-17-13/h1-8,12H,9H2/q+1. The van der Waals surface area contributed by atoms with Crippen molar-refractivity contribution in [3.63, 3.8) is 0 Å². The highest BCUT2D eigenvalue weighted by Gasteiger charge is 2.44. The van der Waals surface area contributed by atoms with E-state index in [1.165, 1.54) is 14.0 Å². The van der Waals surface area contributed by atoms with Crippen LogP contribution < -0.4 is 4.74 Å². The van der Waals surface area contributed by atoms with Crippen molar-refractivity contribution in [1.82, 2.24) is 0 Å². The molecule has 1 nitrogen and oxygen atoms in total. The number of thioether (sulfide) groups is 3. The van der Waals surface area contributed by atoms with Crippen LogP contribution in [0.1, 0.15) is 10.8 Å². The molecule has 0 saturated heterocycles. The summed E-state index contributed by atoms with van der Waals surface area (Å²) in [4.78, 5) is 0. The van der Waals surface area contributed by atoms with Gasteiger partial charge in [0.15, 0.2) is 5.25 Å². The Labute approximate surface area is 128 Å². The van der Waals surface area contributed by atoms with Gasteiger partial charge in [0.1, 0.15) is 22.0 Å². The molecule has 0 aliphatic carbocycles. The molecule has 0 N–H and O–H groups in total. The molecule has 2 atom stereocenters. The molecule has 3 heterocycles. The van der Waals surface area contributed by atoms with Crippen molar-refractivity contribution in [3.05, 3.63) is 59.9 Å². The summed E-state index contributed by atoms with van der Waals surface area (Å²) in [7, 11) is 0.164. The first-order valence-electron chi connectivity index (χ1n) is 5.93. The third kappa shape index (κ3) is 2.17. The van der Waals surface area contributed by atoms with Gasteiger partial charge in [0.2, 0.25) is 4.24 Å². The summed E-state index contributed by atoms with van der Waals surface area (Å²) in [5.41, 5.74) is 1.37. The quantitative estimate of drug-likeness (QED) is 0.670. The van der Waals surface area contributed by atoms with Crippen LogP contribution in [0.2, 0.25) is 0 Å². The van der Waals surface area contributed by atoms with Crippen LogP contribution in [0.4, 0.5) is 0 Å². The van der Waals surface area contributed by atoms with Crippen LogP contribution in [-0.4, -0.2) is 6.61 Å². The Balaban J connectivity index is 1.70. The van der Waals surface area contributed by atoms with Crippen LogP contribution in [0.5, 0.6) is 5.75 Å². The molecular formula is C14H11OS4+. The van der Waals surface area contributed by atoms with Crippen molar-refractivity contribution in [2.24, 2.45) is 0 Å². The van der Waals surface area contributed by atoms with E-state index in [4.69, 9.17) is 4.74 Å². The number of hydrogen-bond donors (Lipinski definition) is 0. The van der Waals surface area contributed by atoms with Gasteiger partial charge >= 0.3 is 0 Å². The summed E-state index contributed by atoms with van der Waals surface area (Å²) in [6.07, 6.45) is 0. The largest absolute Gasteiger partial charge is 0.487 e. The maximum atomic E-state index is 5.85. The molecule has 4 rings (SSSR count). The number of fused-ring (bicyclic) bond motifs is 1. The number of para-hydroxylation sites is 1. The molecular weight excluding hydrogens is 312 g/mol. The van der Waals surface area contributed by atoms with E-state index in [-0.39, 0.29) is 10.9 Å². The lowest BCUT2D eigenvalue weighted by Gasteiger charge is -2.09. The molecule has 0 fully saturated rings. The highest BCUT2D eigenvalue weighted by Crippen LogP contribution is 2.53. The maximum absolute atomic E-state index is 5.85. The fourth-order valence-corrected chi connectivity index (χ4v) is 8.66. The van der Waals surface area contributed by atoms with Crippen molar-refractivity contribution in [2.45, 2.75) is 5.25 Å². The predicted octanol–water partition coefficient (Wildman–Crippen LogP) is 5.03. The second-order valence-electron chi connectivity index (χ2n) is 4.18. The van der Waals surface area contributed by atoms with E-state index in [1.807, 2.05) is 35.3 Å². The van der Waals surface area contributed by atoms with E-state index in [9.17, 15) is 0 Å². The lowest BCUT2D eigenvalue weighted by atomic mass is 10.2. The molecule has 2 unspecified atom stereocenters. The molecule has 1 aromatic rings. The van der Waals surface area contributed by atoms with E-state index in [0.717, 1.165) is 12.4 Å². The van der Waals surface area contributed by atoms with Gasteiger partial charge in [-0.3, -0.25) is 0 Å². The minimum absolute atomic E-state index is 0.164. The van der Waals surface area contributed by atoms with Crippen LogP contribution in [0.3, 0.4) is 0 Å². The molecule has 3 aliphatic rings. The Bertz CT molecular complexity index is 595. The normalized spacial score (nSPS) is 28.0. The summed E-state index contributed by atoms with van der Waals surface area (Å²) < 4.78 is 8.81. The molecule has 1 aromatic carbocycles. The Morgan fingerprint density at radius 3 is 2.79 bits per heavy atom. The number of rotatable bonds is 1. The van der Waals surface area contributed by atoms with Crippen molar-refractivity contribution in [1.29, 1.82) is 0 Å². The summed E-state index contributed by atoms with van der Waals surface area (Å²) in [6, 6.07) is 8.46. The molecule has 0 bridgehead atoms. The zero-order valence-electron chi connectivity index (χ0n) is 9.94.